The topological polar surface area (TPSA) is 70.2 Å². The highest BCUT2D eigenvalue weighted by molar-refractivity contribution is 5.97. The molecule has 0 atom stereocenters. The summed E-state index contributed by atoms with van der Waals surface area (Å²) < 4.78 is 5.47. The molecule has 0 aliphatic carbocycles. The van der Waals surface area contributed by atoms with Crippen molar-refractivity contribution in [1.29, 1.82) is 0 Å². The summed E-state index contributed by atoms with van der Waals surface area (Å²) >= 11 is 0. The standard InChI is InChI=1S/C25H24N4O2/c1-31-22-8-4-7-21-25(22)19(15-27-21)13-24(30)28-20-9-11-26-23(14-20)29-12-10-17-5-2-3-6-18(17)16-29/h2-9,11,14-15,27H,10,12-13,16H2,1H3,(H,26,28,30). The van der Waals surface area contributed by atoms with Crippen molar-refractivity contribution < 1.29 is 9.53 Å². The van der Waals surface area contributed by atoms with Gasteiger partial charge in [-0.15, -0.1) is 0 Å². The van der Waals surface area contributed by atoms with Crippen molar-refractivity contribution >= 4 is 28.3 Å². The molecular weight excluding hydrogens is 388 g/mol. The number of carbonyl (C=O) groups is 1. The first-order valence-corrected chi connectivity index (χ1v) is 10.4. The lowest BCUT2D eigenvalue weighted by Crippen LogP contribution is -2.31. The zero-order valence-electron chi connectivity index (χ0n) is 17.4. The van der Waals surface area contributed by atoms with Crippen molar-refractivity contribution in [2.75, 3.05) is 23.9 Å². The number of aromatic nitrogens is 2. The van der Waals surface area contributed by atoms with Crippen LogP contribution in [0.2, 0.25) is 0 Å². The lowest BCUT2D eigenvalue weighted by molar-refractivity contribution is -0.115. The van der Waals surface area contributed by atoms with Gasteiger partial charge in [0.15, 0.2) is 0 Å². The Balaban J connectivity index is 1.31. The molecule has 6 heteroatoms. The predicted molar refractivity (Wildman–Crippen MR) is 123 cm³/mol. The molecule has 1 aliphatic rings. The van der Waals surface area contributed by atoms with Gasteiger partial charge in [-0.2, -0.15) is 0 Å². The summed E-state index contributed by atoms with van der Waals surface area (Å²) in [7, 11) is 1.64. The molecule has 156 valence electrons. The van der Waals surface area contributed by atoms with Gasteiger partial charge in [-0.3, -0.25) is 4.79 Å². The minimum atomic E-state index is -0.0760. The van der Waals surface area contributed by atoms with Gasteiger partial charge in [-0.1, -0.05) is 30.3 Å². The number of anilines is 2. The number of pyridine rings is 1. The zero-order chi connectivity index (χ0) is 21.2. The Morgan fingerprint density at radius 3 is 2.90 bits per heavy atom. The summed E-state index contributed by atoms with van der Waals surface area (Å²) in [5, 5.41) is 3.97. The number of hydrogen-bond acceptors (Lipinski definition) is 4. The number of methoxy groups -OCH3 is 1. The Morgan fingerprint density at radius 1 is 1.16 bits per heavy atom. The zero-order valence-corrected chi connectivity index (χ0v) is 17.4. The quantitative estimate of drug-likeness (QED) is 0.512. The average Bonchev–Trinajstić information content (AvgIpc) is 3.21. The van der Waals surface area contributed by atoms with Gasteiger partial charge in [-0.05, 0) is 41.3 Å². The molecule has 2 aromatic carbocycles. The fourth-order valence-electron chi connectivity index (χ4n) is 4.27. The summed E-state index contributed by atoms with van der Waals surface area (Å²) in [6, 6.07) is 18.1. The van der Waals surface area contributed by atoms with Gasteiger partial charge in [0.1, 0.15) is 11.6 Å². The molecular formula is C25H24N4O2. The van der Waals surface area contributed by atoms with Gasteiger partial charge in [0.2, 0.25) is 5.91 Å². The smallest absolute Gasteiger partial charge is 0.228 e. The minimum absolute atomic E-state index is 0.0760. The summed E-state index contributed by atoms with van der Waals surface area (Å²) in [5.74, 6) is 1.56. The van der Waals surface area contributed by atoms with Crippen molar-refractivity contribution in [3.8, 4) is 5.75 Å². The molecule has 5 rings (SSSR count). The summed E-state index contributed by atoms with van der Waals surface area (Å²) in [6.45, 7) is 1.74. The van der Waals surface area contributed by atoms with Gasteiger partial charge < -0.3 is 19.9 Å². The molecule has 4 aromatic rings. The Morgan fingerprint density at radius 2 is 2.03 bits per heavy atom. The van der Waals surface area contributed by atoms with E-state index in [-0.39, 0.29) is 12.3 Å². The number of fused-ring (bicyclic) bond motifs is 2. The van der Waals surface area contributed by atoms with Crippen LogP contribution in [0, 0.1) is 0 Å². The third kappa shape index (κ3) is 3.84. The van der Waals surface area contributed by atoms with E-state index in [0.717, 1.165) is 53.2 Å². The molecule has 1 amide bonds. The van der Waals surface area contributed by atoms with Crippen molar-refractivity contribution in [2.24, 2.45) is 0 Å². The van der Waals surface area contributed by atoms with Gasteiger partial charge in [0.05, 0.1) is 13.5 Å². The number of nitrogens with zero attached hydrogens (tertiary/aromatic N) is 2. The summed E-state index contributed by atoms with van der Waals surface area (Å²) in [6.07, 6.45) is 4.88. The van der Waals surface area contributed by atoms with E-state index in [1.165, 1.54) is 11.1 Å². The van der Waals surface area contributed by atoms with Crippen molar-refractivity contribution in [1.82, 2.24) is 9.97 Å². The SMILES string of the molecule is COc1cccc2[nH]cc(CC(=O)Nc3ccnc(N4CCc5ccccc5C4)c3)c12. The summed E-state index contributed by atoms with van der Waals surface area (Å²) in [4.78, 5) is 22.8. The predicted octanol–water partition coefficient (Wildman–Crippen LogP) is 4.32. The lowest BCUT2D eigenvalue weighted by atomic mass is 10.00. The van der Waals surface area contributed by atoms with Crippen molar-refractivity contribution in [2.45, 2.75) is 19.4 Å². The number of carbonyl (C=O) groups excluding carboxylic acids is 1. The second-order valence-corrected chi connectivity index (χ2v) is 7.76. The van der Waals surface area contributed by atoms with Crippen molar-refractivity contribution in [3.63, 3.8) is 0 Å². The van der Waals surface area contributed by atoms with Crippen LogP contribution in [0.25, 0.3) is 10.9 Å². The summed E-state index contributed by atoms with van der Waals surface area (Å²) in [5.41, 5.74) is 5.35. The second-order valence-electron chi connectivity index (χ2n) is 7.76. The van der Waals surface area contributed by atoms with E-state index < -0.39 is 0 Å². The first kappa shape index (κ1) is 19.2. The van der Waals surface area contributed by atoms with E-state index in [4.69, 9.17) is 4.74 Å². The van der Waals surface area contributed by atoms with Crippen molar-refractivity contribution in [3.05, 3.63) is 83.7 Å². The lowest BCUT2D eigenvalue weighted by Gasteiger charge is -2.30. The number of rotatable bonds is 5. The van der Waals surface area contributed by atoms with E-state index >= 15 is 0 Å². The highest BCUT2D eigenvalue weighted by atomic mass is 16.5. The molecule has 0 unspecified atom stereocenters. The molecule has 0 saturated carbocycles. The van der Waals surface area contributed by atoms with Gasteiger partial charge in [-0.25, -0.2) is 4.98 Å². The first-order chi connectivity index (χ1) is 15.2. The van der Waals surface area contributed by atoms with Crippen LogP contribution in [0.4, 0.5) is 11.5 Å². The fraction of sp³-hybridized carbons (Fsp3) is 0.200. The number of hydrogen-bond donors (Lipinski definition) is 2. The maximum absolute atomic E-state index is 12.8. The van der Waals surface area contributed by atoms with Gasteiger partial charge >= 0.3 is 0 Å². The number of ether oxygens (including phenoxy) is 1. The third-order valence-electron chi connectivity index (χ3n) is 5.80. The number of amides is 1. The molecule has 0 spiro atoms. The first-order valence-electron chi connectivity index (χ1n) is 10.4. The molecule has 0 saturated heterocycles. The van der Waals surface area contributed by atoms with Crippen LogP contribution in [-0.4, -0.2) is 29.5 Å². The average molecular weight is 412 g/mol. The van der Waals surface area contributed by atoms with E-state index in [9.17, 15) is 4.79 Å². The molecule has 2 aromatic heterocycles. The van der Waals surface area contributed by atoms with E-state index in [1.54, 1.807) is 13.3 Å². The highest BCUT2D eigenvalue weighted by Gasteiger charge is 2.18. The normalized spacial score (nSPS) is 13.1. The molecule has 0 bridgehead atoms. The van der Waals surface area contributed by atoms with Gasteiger partial charge in [0, 0.05) is 48.1 Å². The Labute approximate surface area is 180 Å². The Bertz CT molecular complexity index is 1250. The maximum atomic E-state index is 12.8. The number of benzene rings is 2. The second kappa shape index (κ2) is 8.14. The van der Waals surface area contributed by atoms with Crippen LogP contribution in [-0.2, 0) is 24.2 Å². The number of H-pyrrole nitrogens is 1. The monoisotopic (exact) mass is 412 g/mol. The van der Waals surface area contributed by atoms with Crippen LogP contribution in [0.5, 0.6) is 5.75 Å². The van der Waals surface area contributed by atoms with Gasteiger partial charge in [0.25, 0.3) is 0 Å². The van der Waals surface area contributed by atoms with E-state index in [2.05, 4.69) is 44.5 Å². The van der Waals surface area contributed by atoms with E-state index in [0.29, 0.717) is 0 Å². The van der Waals surface area contributed by atoms with Crippen LogP contribution < -0.4 is 15.0 Å². The van der Waals surface area contributed by atoms with Crippen LogP contribution >= 0.6 is 0 Å². The van der Waals surface area contributed by atoms with Crippen LogP contribution in [0.15, 0.2) is 67.0 Å². The third-order valence-corrected chi connectivity index (χ3v) is 5.80. The molecule has 1 aliphatic heterocycles. The molecule has 6 nitrogen and oxygen atoms in total. The molecule has 31 heavy (non-hydrogen) atoms. The largest absolute Gasteiger partial charge is 0.496 e. The molecule has 0 radical (unpaired) electrons. The van der Waals surface area contributed by atoms with Crippen LogP contribution in [0.1, 0.15) is 16.7 Å². The minimum Gasteiger partial charge on any atom is -0.496 e. The van der Waals surface area contributed by atoms with Crippen LogP contribution in [0.3, 0.4) is 0 Å². The number of nitrogens with one attached hydrogen (secondary N) is 2. The number of aromatic amines is 1. The highest BCUT2D eigenvalue weighted by Crippen LogP contribution is 2.29. The Hall–Kier alpha value is -3.80. The molecule has 2 N–H and O–H groups in total. The maximum Gasteiger partial charge on any atom is 0.228 e. The molecule has 0 fully saturated rings. The van der Waals surface area contributed by atoms with E-state index in [1.807, 2.05) is 36.5 Å². The Kier molecular flexibility index (Phi) is 5.04. The fourth-order valence-corrected chi connectivity index (χ4v) is 4.27. The molecule has 3 heterocycles.